The van der Waals surface area contributed by atoms with Crippen LogP contribution >= 0.6 is 11.8 Å². The van der Waals surface area contributed by atoms with Gasteiger partial charge in [0.2, 0.25) is 5.91 Å². The first-order chi connectivity index (χ1) is 10.6. The largest absolute Gasteiger partial charge is 0.325 e. The van der Waals surface area contributed by atoms with Gasteiger partial charge in [0, 0.05) is 10.6 Å². The van der Waals surface area contributed by atoms with Crippen molar-refractivity contribution in [1.82, 2.24) is 0 Å². The van der Waals surface area contributed by atoms with Crippen molar-refractivity contribution in [3.8, 4) is 5.40 Å². The van der Waals surface area contributed by atoms with Gasteiger partial charge in [0.25, 0.3) is 0 Å². The van der Waals surface area contributed by atoms with Crippen molar-refractivity contribution in [2.45, 2.75) is 23.2 Å². The summed E-state index contributed by atoms with van der Waals surface area (Å²) in [5.41, 5.74) is 1.01. The molecule has 1 aliphatic carbocycles. The third-order valence-corrected chi connectivity index (χ3v) is 4.46. The Hall–Kier alpha value is -2.32. The number of nitrogens with zero attached hydrogens (tertiary/aromatic N) is 1. The second-order valence-corrected chi connectivity index (χ2v) is 6.12. The van der Waals surface area contributed by atoms with Crippen molar-refractivity contribution in [3.63, 3.8) is 0 Å². The highest BCUT2D eigenvalue weighted by molar-refractivity contribution is 8.03. The van der Waals surface area contributed by atoms with E-state index in [9.17, 15) is 9.18 Å². The van der Waals surface area contributed by atoms with E-state index in [1.807, 2.05) is 5.40 Å². The Morgan fingerprint density at radius 2 is 1.77 bits per heavy atom. The van der Waals surface area contributed by atoms with E-state index < -0.39 is 5.41 Å². The van der Waals surface area contributed by atoms with Crippen molar-refractivity contribution in [2.24, 2.45) is 0 Å². The SMILES string of the molecule is N#CSc1ccc(NC(=O)C2(c3ccc(F)cc3)CC2)cc1. The molecule has 3 nitrogen and oxygen atoms in total. The third-order valence-electron chi connectivity index (χ3n) is 3.86. The summed E-state index contributed by atoms with van der Waals surface area (Å²) in [6, 6.07) is 13.3. The maximum Gasteiger partial charge on any atom is 0.235 e. The van der Waals surface area contributed by atoms with Gasteiger partial charge in [-0.2, -0.15) is 5.26 Å². The molecule has 22 heavy (non-hydrogen) atoms. The summed E-state index contributed by atoms with van der Waals surface area (Å²) < 4.78 is 13.0. The van der Waals surface area contributed by atoms with Gasteiger partial charge in [0.05, 0.1) is 5.41 Å². The quantitative estimate of drug-likeness (QED) is 0.684. The van der Waals surface area contributed by atoms with Crippen LogP contribution in [0.2, 0.25) is 0 Å². The Bertz CT molecular complexity index is 731. The first kappa shape index (κ1) is 14.6. The Morgan fingerprint density at radius 1 is 1.14 bits per heavy atom. The van der Waals surface area contributed by atoms with Crippen LogP contribution in [0, 0.1) is 16.5 Å². The lowest BCUT2D eigenvalue weighted by Gasteiger charge is -2.16. The minimum atomic E-state index is -0.534. The maximum atomic E-state index is 13.0. The van der Waals surface area contributed by atoms with Crippen LogP contribution in [0.5, 0.6) is 0 Å². The second-order valence-electron chi connectivity index (χ2n) is 5.26. The number of amides is 1. The average Bonchev–Trinajstić information content (AvgIpc) is 3.32. The van der Waals surface area contributed by atoms with Crippen LogP contribution in [0.3, 0.4) is 0 Å². The Kier molecular flexibility index (Phi) is 3.86. The van der Waals surface area contributed by atoms with Crippen molar-refractivity contribution < 1.29 is 9.18 Å². The molecular formula is C17H13FN2OS. The molecule has 0 aliphatic heterocycles. The molecule has 0 atom stereocenters. The van der Waals surface area contributed by atoms with E-state index in [1.165, 1.54) is 12.1 Å². The normalized spacial score (nSPS) is 14.9. The molecule has 2 aromatic rings. The molecular weight excluding hydrogens is 299 g/mol. The molecule has 0 heterocycles. The molecule has 1 N–H and O–H groups in total. The predicted octanol–water partition coefficient (Wildman–Crippen LogP) is 4.07. The molecule has 5 heteroatoms. The van der Waals surface area contributed by atoms with E-state index >= 15 is 0 Å². The number of carbonyl (C=O) groups is 1. The molecule has 0 bridgehead atoms. The van der Waals surface area contributed by atoms with Crippen LogP contribution in [0.4, 0.5) is 10.1 Å². The van der Waals surface area contributed by atoms with Crippen molar-refractivity contribution >= 4 is 23.4 Å². The van der Waals surface area contributed by atoms with Gasteiger partial charge in [0.15, 0.2) is 0 Å². The van der Waals surface area contributed by atoms with Gasteiger partial charge in [-0.1, -0.05) is 12.1 Å². The molecule has 2 aromatic carbocycles. The van der Waals surface area contributed by atoms with E-state index in [0.29, 0.717) is 5.69 Å². The van der Waals surface area contributed by atoms with Crippen molar-refractivity contribution in [3.05, 3.63) is 59.9 Å². The zero-order valence-electron chi connectivity index (χ0n) is 11.7. The molecule has 1 amide bonds. The zero-order valence-corrected chi connectivity index (χ0v) is 12.5. The molecule has 3 rings (SSSR count). The molecule has 1 saturated carbocycles. The molecule has 0 unspecified atom stereocenters. The predicted molar refractivity (Wildman–Crippen MR) is 83.9 cm³/mol. The van der Waals surface area contributed by atoms with E-state index in [-0.39, 0.29) is 11.7 Å². The fourth-order valence-electron chi connectivity index (χ4n) is 2.45. The van der Waals surface area contributed by atoms with Crippen LogP contribution in [-0.2, 0) is 10.2 Å². The van der Waals surface area contributed by atoms with Gasteiger partial charge in [-0.25, -0.2) is 4.39 Å². The molecule has 0 saturated heterocycles. The average molecular weight is 312 g/mol. The van der Waals surface area contributed by atoms with Crippen LogP contribution in [-0.4, -0.2) is 5.91 Å². The van der Waals surface area contributed by atoms with Crippen molar-refractivity contribution in [1.29, 1.82) is 5.26 Å². The van der Waals surface area contributed by atoms with Crippen molar-refractivity contribution in [2.75, 3.05) is 5.32 Å². The number of hydrogen-bond donors (Lipinski definition) is 1. The number of hydrogen-bond acceptors (Lipinski definition) is 3. The fraction of sp³-hybridized carbons (Fsp3) is 0.176. The number of thiocyanates is 1. The maximum absolute atomic E-state index is 13.0. The molecule has 0 aromatic heterocycles. The summed E-state index contributed by atoms with van der Waals surface area (Å²) in [6.07, 6.45) is 1.54. The number of nitriles is 1. The Morgan fingerprint density at radius 3 is 2.32 bits per heavy atom. The zero-order chi connectivity index (χ0) is 15.6. The number of rotatable bonds is 4. The summed E-state index contributed by atoms with van der Waals surface area (Å²) >= 11 is 1.08. The number of carbonyl (C=O) groups excluding carboxylic acids is 1. The number of thioether (sulfide) groups is 1. The summed E-state index contributed by atoms with van der Waals surface area (Å²) in [5.74, 6) is -0.370. The lowest BCUT2D eigenvalue weighted by Crippen LogP contribution is -2.27. The van der Waals surface area contributed by atoms with Gasteiger partial charge in [0.1, 0.15) is 11.2 Å². The highest BCUT2D eigenvalue weighted by atomic mass is 32.2. The number of anilines is 1. The molecule has 1 aliphatic rings. The van der Waals surface area contributed by atoms with Crippen LogP contribution < -0.4 is 5.32 Å². The lowest BCUT2D eigenvalue weighted by atomic mass is 9.95. The monoisotopic (exact) mass is 312 g/mol. The Balaban J connectivity index is 1.74. The van der Waals surface area contributed by atoms with Crippen LogP contribution in [0.25, 0.3) is 0 Å². The molecule has 0 spiro atoms. The first-order valence-electron chi connectivity index (χ1n) is 6.87. The minimum Gasteiger partial charge on any atom is -0.325 e. The standard InChI is InChI=1S/C17H13FN2OS/c18-13-3-1-12(2-4-13)17(9-10-17)16(21)20-14-5-7-15(8-6-14)22-11-19/h1-8H,9-10H2,(H,20,21). The second kappa shape index (κ2) is 5.82. The molecule has 1 fully saturated rings. The van der Waals surface area contributed by atoms with E-state index in [0.717, 1.165) is 35.1 Å². The van der Waals surface area contributed by atoms with Gasteiger partial charge in [-0.15, -0.1) is 0 Å². The lowest BCUT2D eigenvalue weighted by molar-refractivity contribution is -0.118. The smallest absolute Gasteiger partial charge is 0.235 e. The number of nitrogens with one attached hydrogen (secondary N) is 1. The van der Waals surface area contributed by atoms with Gasteiger partial charge in [-0.05, 0) is 66.6 Å². The Labute approximate surface area is 132 Å². The topological polar surface area (TPSA) is 52.9 Å². The van der Waals surface area contributed by atoms with Crippen LogP contribution in [0.1, 0.15) is 18.4 Å². The third kappa shape index (κ3) is 2.83. The van der Waals surface area contributed by atoms with E-state index in [4.69, 9.17) is 5.26 Å². The fourth-order valence-corrected chi connectivity index (χ4v) is 2.83. The van der Waals surface area contributed by atoms with Gasteiger partial charge < -0.3 is 5.32 Å². The molecule has 0 radical (unpaired) electrons. The van der Waals surface area contributed by atoms with E-state index in [2.05, 4.69) is 5.32 Å². The molecule has 110 valence electrons. The number of benzene rings is 2. The number of halogens is 1. The minimum absolute atomic E-state index is 0.0696. The van der Waals surface area contributed by atoms with Crippen LogP contribution in [0.15, 0.2) is 53.4 Å². The summed E-state index contributed by atoms with van der Waals surface area (Å²) in [5, 5.41) is 13.5. The summed E-state index contributed by atoms with van der Waals surface area (Å²) in [4.78, 5) is 13.4. The van der Waals surface area contributed by atoms with E-state index in [1.54, 1.807) is 36.4 Å². The highest BCUT2D eigenvalue weighted by Crippen LogP contribution is 2.49. The summed E-state index contributed by atoms with van der Waals surface area (Å²) in [6.45, 7) is 0. The highest BCUT2D eigenvalue weighted by Gasteiger charge is 2.51. The first-order valence-corrected chi connectivity index (χ1v) is 7.69. The van der Waals surface area contributed by atoms with Gasteiger partial charge >= 0.3 is 0 Å². The van der Waals surface area contributed by atoms with Gasteiger partial charge in [-0.3, -0.25) is 4.79 Å². The summed E-state index contributed by atoms with van der Waals surface area (Å²) in [7, 11) is 0.